The first kappa shape index (κ1) is 13.2. The normalized spacial score (nSPS) is 32.3. The summed E-state index contributed by atoms with van der Waals surface area (Å²) in [6.07, 6.45) is 3.32. The lowest BCUT2D eigenvalue weighted by atomic mass is 9.60. The molecular formula is C16H14O6. The lowest BCUT2D eigenvalue weighted by Gasteiger charge is -2.50. The third-order valence-electron chi connectivity index (χ3n) is 4.67. The molecule has 6 nitrogen and oxygen atoms in total. The van der Waals surface area contributed by atoms with Crippen LogP contribution in [0.5, 0.6) is 11.5 Å². The number of carbonyl (C=O) groups excluding carboxylic acids is 1. The summed E-state index contributed by atoms with van der Waals surface area (Å²) in [4.78, 5) is 11.7. The van der Waals surface area contributed by atoms with Crippen molar-refractivity contribution in [3.63, 3.8) is 0 Å². The number of hydrogen-bond donors (Lipinski definition) is 4. The van der Waals surface area contributed by atoms with Gasteiger partial charge in [-0.05, 0) is 29.3 Å². The van der Waals surface area contributed by atoms with Gasteiger partial charge in [-0.1, -0.05) is 6.08 Å². The van der Waals surface area contributed by atoms with Crippen molar-refractivity contribution in [1.82, 2.24) is 0 Å². The zero-order valence-electron chi connectivity index (χ0n) is 11.5. The Balaban J connectivity index is 2.04. The van der Waals surface area contributed by atoms with E-state index in [2.05, 4.69) is 0 Å². The summed E-state index contributed by atoms with van der Waals surface area (Å²) in [6, 6.07) is 2.80. The van der Waals surface area contributed by atoms with Crippen LogP contribution < -0.4 is 0 Å². The Kier molecular flexibility index (Phi) is 2.30. The number of allylic oxidation sites excluding steroid dienone is 2. The predicted molar refractivity (Wildman–Crippen MR) is 74.5 cm³/mol. The molecule has 1 aliphatic heterocycles. The second-order valence-corrected chi connectivity index (χ2v) is 6.21. The van der Waals surface area contributed by atoms with Crippen LogP contribution in [-0.4, -0.2) is 38.4 Å². The SMILES string of the molecule is O=C1C=C[C@]23C[C@](O)(COC2=C1O)Cc1cc(O)c(O)cc13. The topological polar surface area (TPSA) is 107 Å². The van der Waals surface area contributed by atoms with Gasteiger partial charge in [0.1, 0.15) is 12.2 Å². The second-order valence-electron chi connectivity index (χ2n) is 6.21. The van der Waals surface area contributed by atoms with Crippen molar-refractivity contribution in [2.24, 2.45) is 0 Å². The van der Waals surface area contributed by atoms with Crippen LogP contribution in [0.25, 0.3) is 0 Å². The molecule has 2 atom stereocenters. The van der Waals surface area contributed by atoms with Crippen LogP contribution in [0.4, 0.5) is 0 Å². The Labute approximate surface area is 125 Å². The van der Waals surface area contributed by atoms with Gasteiger partial charge in [-0.15, -0.1) is 0 Å². The molecule has 4 rings (SSSR count). The van der Waals surface area contributed by atoms with Crippen molar-refractivity contribution in [2.75, 3.05) is 6.61 Å². The van der Waals surface area contributed by atoms with E-state index >= 15 is 0 Å². The first-order chi connectivity index (χ1) is 10.3. The number of hydrogen-bond acceptors (Lipinski definition) is 6. The molecule has 1 heterocycles. The Hall–Kier alpha value is -2.47. The van der Waals surface area contributed by atoms with Crippen molar-refractivity contribution in [2.45, 2.75) is 23.9 Å². The number of rotatable bonds is 0. The number of phenolic OH excluding ortho intramolecular Hbond substituents is 2. The van der Waals surface area contributed by atoms with Crippen LogP contribution in [0.15, 0.2) is 35.8 Å². The largest absolute Gasteiger partial charge is 0.504 e. The highest BCUT2D eigenvalue weighted by Gasteiger charge is 2.56. The second kappa shape index (κ2) is 3.84. The Morgan fingerprint density at radius 1 is 1.14 bits per heavy atom. The molecule has 0 amide bonds. The third kappa shape index (κ3) is 1.50. The fourth-order valence-electron chi connectivity index (χ4n) is 3.77. The van der Waals surface area contributed by atoms with Gasteiger partial charge < -0.3 is 25.2 Å². The maximum atomic E-state index is 11.7. The van der Waals surface area contributed by atoms with E-state index in [0.29, 0.717) is 11.1 Å². The predicted octanol–water partition coefficient (Wildman–Crippen LogP) is 0.952. The van der Waals surface area contributed by atoms with Gasteiger partial charge >= 0.3 is 0 Å². The zero-order chi connectivity index (χ0) is 15.7. The molecule has 114 valence electrons. The van der Waals surface area contributed by atoms with Gasteiger partial charge in [0.15, 0.2) is 17.3 Å². The molecule has 0 radical (unpaired) electrons. The summed E-state index contributed by atoms with van der Waals surface area (Å²) in [5.74, 6) is -1.51. The number of carbonyl (C=O) groups is 1. The lowest BCUT2D eigenvalue weighted by molar-refractivity contribution is -0.118. The number of phenols is 2. The number of aliphatic hydroxyl groups excluding tert-OH is 1. The highest BCUT2D eigenvalue weighted by molar-refractivity contribution is 6.04. The maximum Gasteiger partial charge on any atom is 0.223 e. The van der Waals surface area contributed by atoms with Crippen molar-refractivity contribution in [3.8, 4) is 11.5 Å². The molecule has 0 saturated carbocycles. The van der Waals surface area contributed by atoms with E-state index in [1.165, 1.54) is 18.2 Å². The summed E-state index contributed by atoms with van der Waals surface area (Å²) in [7, 11) is 0. The molecule has 0 aromatic heterocycles. The first-order valence-electron chi connectivity index (χ1n) is 6.92. The van der Waals surface area contributed by atoms with E-state index in [1.54, 1.807) is 6.08 Å². The molecule has 4 N–H and O–H groups in total. The fourth-order valence-corrected chi connectivity index (χ4v) is 3.77. The summed E-state index contributed by atoms with van der Waals surface area (Å²) >= 11 is 0. The number of aliphatic hydroxyl groups is 2. The van der Waals surface area contributed by atoms with Gasteiger partial charge in [-0.3, -0.25) is 4.79 Å². The standard InChI is InChI=1S/C16H14O6/c17-10-1-2-16-6-15(21,7-22-14(16)13(10)20)5-8-3-11(18)12(19)4-9(8)16/h1-4,18-21H,5-7H2/t15-,16+/m0/s1. The molecular weight excluding hydrogens is 288 g/mol. The minimum absolute atomic E-state index is 0.0453. The molecule has 1 aromatic carbocycles. The first-order valence-corrected chi connectivity index (χ1v) is 6.92. The molecule has 3 aliphatic rings. The van der Waals surface area contributed by atoms with Crippen LogP contribution in [0.2, 0.25) is 0 Å². The van der Waals surface area contributed by atoms with Crippen LogP contribution in [0, 0.1) is 0 Å². The molecule has 1 aromatic rings. The van der Waals surface area contributed by atoms with Gasteiger partial charge in [0.25, 0.3) is 0 Å². The lowest BCUT2D eigenvalue weighted by Crippen LogP contribution is -2.55. The fraction of sp³-hybridized carbons (Fsp3) is 0.312. The molecule has 22 heavy (non-hydrogen) atoms. The maximum absolute atomic E-state index is 11.7. The van der Waals surface area contributed by atoms with E-state index in [4.69, 9.17) is 4.74 Å². The van der Waals surface area contributed by atoms with E-state index in [1.807, 2.05) is 0 Å². The van der Waals surface area contributed by atoms with Crippen molar-refractivity contribution in [1.29, 1.82) is 0 Å². The van der Waals surface area contributed by atoms with Gasteiger partial charge in [0, 0.05) is 12.8 Å². The Morgan fingerprint density at radius 3 is 2.64 bits per heavy atom. The van der Waals surface area contributed by atoms with E-state index < -0.39 is 22.6 Å². The monoisotopic (exact) mass is 302 g/mol. The number of fused-ring (bicyclic) bond motifs is 2. The number of ketones is 1. The number of ether oxygens (including phenoxy) is 1. The van der Waals surface area contributed by atoms with E-state index in [9.17, 15) is 25.2 Å². The van der Waals surface area contributed by atoms with Gasteiger partial charge in [0.2, 0.25) is 11.5 Å². The van der Waals surface area contributed by atoms with Crippen LogP contribution in [0.1, 0.15) is 17.5 Å². The van der Waals surface area contributed by atoms with Crippen LogP contribution in [0.3, 0.4) is 0 Å². The molecule has 1 saturated heterocycles. The van der Waals surface area contributed by atoms with Crippen molar-refractivity contribution in [3.05, 3.63) is 46.9 Å². The quantitative estimate of drug-likeness (QED) is 0.532. The minimum atomic E-state index is -1.16. The molecule has 6 heteroatoms. The zero-order valence-corrected chi connectivity index (χ0v) is 11.5. The summed E-state index contributed by atoms with van der Waals surface area (Å²) in [5, 5.41) is 40.3. The van der Waals surface area contributed by atoms with Crippen LogP contribution in [-0.2, 0) is 21.4 Å². The van der Waals surface area contributed by atoms with Crippen LogP contribution >= 0.6 is 0 Å². The molecule has 2 aliphatic carbocycles. The summed E-state index contributed by atoms with van der Waals surface area (Å²) in [6.45, 7) is -0.0453. The average Bonchev–Trinajstić information content (AvgIpc) is 2.45. The molecule has 1 spiro atoms. The molecule has 0 unspecified atom stereocenters. The van der Waals surface area contributed by atoms with Crippen molar-refractivity contribution < 1.29 is 30.0 Å². The average molecular weight is 302 g/mol. The summed E-state index contributed by atoms with van der Waals surface area (Å²) < 4.78 is 5.52. The Bertz CT molecular complexity index is 777. The van der Waals surface area contributed by atoms with E-state index in [0.717, 1.165) is 0 Å². The van der Waals surface area contributed by atoms with Gasteiger partial charge in [-0.2, -0.15) is 0 Å². The number of benzene rings is 1. The Morgan fingerprint density at radius 2 is 1.86 bits per heavy atom. The smallest absolute Gasteiger partial charge is 0.223 e. The number of aromatic hydroxyl groups is 2. The van der Waals surface area contributed by atoms with Gasteiger partial charge in [0.05, 0.1) is 5.41 Å². The third-order valence-corrected chi connectivity index (χ3v) is 4.67. The molecule has 2 bridgehead atoms. The highest BCUT2D eigenvalue weighted by Crippen LogP contribution is 2.54. The molecule has 1 fully saturated rings. The highest BCUT2D eigenvalue weighted by atomic mass is 16.5. The minimum Gasteiger partial charge on any atom is -0.504 e. The van der Waals surface area contributed by atoms with E-state index in [-0.39, 0.29) is 36.7 Å². The van der Waals surface area contributed by atoms with Crippen molar-refractivity contribution >= 4 is 5.78 Å². The summed E-state index contributed by atoms with van der Waals surface area (Å²) in [5.41, 5.74) is -0.913. The van der Waals surface area contributed by atoms with Gasteiger partial charge in [-0.25, -0.2) is 0 Å².